The van der Waals surface area contributed by atoms with E-state index in [1.165, 1.54) is 4.90 Å². The Hall–Kier alpha value is -0.930. The first-order valence-corrected chi connectivity index (χ1v) is 7.60. The Morgan fingerprint density at radius 3 is 2.61 bits per heavy atom. The lowest BCUT2D eigenvalue weighted by Crippen LogP contribution is -2.01. The largest absolute Gasteiger partial charge is 0.492 e. The first-order chi connectivity index (χ1) is 8.75. The van der Waals surface area contributed by atoms with Crippen molar-refractivity contribution in [3.8, 4) is 5.75 Å². The molecule has 94 valence electrons. The molecule has 2 rings (SSSR count). The van der Waals surface area contributed by atoms with Crippen LogP contribution in [0.4, 0.5) is 0 Å². The van der Waals surface area contributed by atoms with Crippen molar-refractivity contribution in [3.05, 3.63) is 58.6 Å². The minimum absolute atomic E-state index is 0.724. The fourth-order valence-electron chi connectivity index (χ4n) is 1.60. The molecule has 0 aliphatic carbocycles. The molecule has 0 bridgehead atoms. The third-order valence-corrected chi connectivity index (χ3v) is 3.96. The van der Waals surface area contributed by atoms with E-state index in [-0.39, 0.29) is 0 Å². The molecule has 0 aliphatic rings. The monoisotopic (exact) mass is 322 g/mol. The summed E-state index contributed by atoms with van der Waals surface area (Å²) in [7, 11) is 0. The molecule has 0 amide bonds. The fraction of sp³-hybridized carbons (Fsp3) is 0.200. The van der Waals surface area contributed by atoms with E-state index in [2.05, 4.69) is 53.2 Å². The Balaban J connectivity index is 1.79. The molecular weight excluding hydrogens is 308 g/mol. The number of halogens is 1. The van der Waals surface area contributed by atoms with Gasteiger partial charge in [0.05, 0.1) is 6.61 Å². The van der Waals surface area contributed by atoms with E-state index < -0.39 is 0 Å². The van der Waals surface area contributed by atoms with Gasteiger partial charge >= 0.3 is 0 Å². The Morgan fingerprint density at radius 2 is 1.89 bits per heavy atom. The summed E-state index contributed by atoms with van der Waals surface area (Å²) >= 11 is 5.26. The van der Waals surface area contributed by atoms with Crippen molar-refractivity contribution in [2.75, 3.05) is 12.4 Å². The van der Waals surface area contributed by atoms with Crippen molar-refractivity contribution >= 4 is 27.7 Å². The number of thioether (sulfide) groups is 1. The van der Waals surface area contributed by atoms with Gasteiger partial charge in [0, 0.05) is 15.1 Å². The molecule has 0 fully saturated rings. The first-order valence-electron chi connectivity index (χ1n) is 5.82. The SMILES string of the molecule is Cc1cc(Br)ccc1OCCSc1ccccc1. The molecule has 0 heterocycles. The van der Waals surface area contributed by atoms with Crippen LogP contribution in [0, 0.1) is 6.92 Å². The number of rotatable bonds is 5. The van der Waals surface area contributed by atoms with Gasteiger partial charge < -0.3 is 4.74 Å². The van der Waals surface area contributed by atoms with E-state index in [9.17, 15) is 0 Å². The van der Waals surface area contributed by atoms with Crippen molar-refractivity contribution in [2.45, 2.75) is 11.8 Å². The minimum Gasteiger partial charge on any atom is -0.492 e. The summed E-state index contributed by atoms with van der Waals surface area (Å²) in [4.78, 5) is 1.29. The summed E-state index contributed by atoms with van der Waals surface area (Å²) in [5.74, 6) is 1.92. The maximum Gasteiger partial charge on any atom is 0.122 e. The molecule has 0 saturated carbocycles. The van der Waals surface area contributed by atoms with Crippen LogP contribution in [0.2, 0.25) is 0 Å². The zero-order valence-corrected chi connectivity index (χ0v) is 12.6. The van der Waals surface area contributed by atoms with Gasteiger partial charge in [-0.15, -0.1) is 11.8 Å². The van der Waals surface area contributed by atoms with Crippen LogP contribution in [-0.2, 0) is 0 Å². The third-order valence-electron chi connectivity index (χ3n) is 2.49. The van der Waals surface area contributed by atoms with Crippen molar-refractivity contribution in [1.82, 2.24) is 0 Å². The van der Waals surface area contributed by atoms with Crippen molar-refractivity contribution < 1.29 is 4.74 Å². The second-order valence-corrected chi connectivity index (χ2v) is 6.00. The predicted molar refractivity (Wildman–Crippen MR) is 81.5 cm³/mol. The van der Waals surface area contributed by atoms with Gasteiger partial charge in [0.25, 0.3) is 0 Å². The van der Waals surface area contributed by atoms with Gasteiger partial charge in [0.15, 0.2) is 0 Å². The molecule has 2 aromatic rings. The van der Waals surface area contributed by atoms with Gasteiger partial charge in [-0.25, -0.2) is 0 Å². The highest BCUT2D eigenvalue weighted by Crippen LogP contribution is 2.23. The van der Waals surface area contributed by atoms with E-state index in [0.717, 1.165) is 28.1 Å². The van der Waals surface area contributed by atoms with Crippen LogP contribution in [0.25, 0.3) is 0 Å². The third kappa shape index (κ3) is 4.07. The predicted octanol–water partition coefficient (Wildman–Crippen LogP) is 4.93. The summed E-state index contributed by atoms with van der Waals surface area (Å²) in [5, 5.41) is 0. The normalized spacial score (nSPS) is 10.3. The van der Waals surface area contributed by atoms with E-state index in [0.29, 0.717) is 0 Å². The van der Waals surface area contributed by atoms with Gasteiger partial charge in [-0.3, -0.25) is 0 Å². The zero-order valence-electron chi connectivity index (χ0n) is 10.2. The lowest BCUT2D eigenvalue weighted by molar-refractivity contribution is 0.341. The smallest absolute Gasteiger partial charge is 0.122 e. The number of hydrogen-bond acceptors (Lipinski definition) is 2. The summed E-state index contributed by atoms with van der Waals surface area (Å²) in [6.45, 7) is 2.78. The summed E-state index contributed by atoms with van der Waals surface area (Å²) in [6, 6.07) is 16.5. The second kappa shape index (κ2) is 6.86. The molecule has 0 aliphatic heterocycles. The highest BCUT2D eigenvalue weighted by Gasteiger charge is 2.00. The highest BCUT2D eigenvalue weighted by molar-refractivity contribution is 9.10. The van der Waals surface area contributed by atoms with Gasteiger partial charge in [0.2, 0.25) is 0 Å². The van der Waals surface area contributed by atoms with Gasteiger partial charge in [-0.05, 0) is 42.8 Å². The summed E-state index contributed by atoms with van der Waals surface area (Å²) < 4.78 is 6.86. The van der Waals surface area contributed by atoms with Crippen molar-refractivity contribution in [1.29, 1.82) is 0 Å². The average molecular weight is 323 g/mol. The molecule has 0 aromatic heterocycles. The van der Waals surface area contributed by atoms with Crippen molar-refractivity contribution in [2.24, 2.45) is 0 Å². The van der Waals surface area contributed by atoms with Crippen LogP contribution in [0.5, 0.6) is 5.75 Å². The van der Waals surface area contributed by atoms with Crippen molar-refractivity contribution in [3.63, 3.8) is 0 Å². The quantitative estimate of drug-likeness (QED) is 0.570. The van der Waals surface area contributed by atoms with Gasteiger partial charge in [0.1, 0.15) is 5.75 Å². The Morgan fingerprint density at radius 1 is 1.11 bits per heavy atom. The molecule has 0 radical (unpaired) electrons. The van der Waals surface area contributed by atoms with Crippen LogP contribution in [0.1, 0.15) is 5.56 Å². The van der Waals surface area contributed by atoms with E-state index in [1.807, 2.05) is 30.0 Å². The summed E-state index contributed by atoms with van der Waals surface area (Å²) in [6.07, 6.45) is 0. The van der Waals surface area contributed by atoms with Gasteiger partial charge in [-0.2, -0.15) is 0 Å². The molecule has 0 atom stereocenters. The van der Waals surface area contributed by atoms with Crippen LogP contribution >= 0.6 is 27.7 Å². The lowest BCUT2D eigenvalue weighted by atomic mass is 10.2. The molecule has 1 nitrogen and oxygen atoms in total. The average Bonchev–Trinajstić information content (AvgIpc) is 2.38. The minimum atomic E-state index is 0.724. The maximum absolute atomic E-state index is 5.77. The Labute approximate surface area is 121 Å². The van der Waals surface area contributed by atoms with E-state index >= 15 is 0 Å². The fourth-order valence-corrected chi connectivity index (χ4v) is 2.83. The molecular formula is C15H15BrOS. The van der Waals surface area contributed by atoms with Crippen LogP contribution in [0.15, 0.2) is 57.9 Å². The standard InChI is InChI=1S/C15H15BrOS/c1-12-11-13(16)7-8-15(12)17-9-10-18-14-5-3-2-4-6-14/h2-8,11H,9-10H2,1H3. The number of aryl methyl sites for hydroxylation is 1. The molecule has 3 heteroatoms. The topological polar surface area (TPSA) is 9.23 Å². The van der Waals surface area contributed by atoms with Crippen LogP contribution in [-0.4, -0.2) is 12.4 Å². The van der Waals surface area contributed by atoms with Crippen LogP contribution < -0.4 is 4.74 Å². The second-order valence-electron chi connectivity index (χ2n) is 3.92. The number of ether oxygens (including phenoxy) is 1. The maximum atomic E-state index is 5.77. The molecule has 0 N–H and O–H groups in total. The van der Waals surface area contributed by atoms with Crippen LogP contribution in [0.3, 0.4) is 0 Å². The Kier molecular flexibility index (Phi) is 5.14. The molecule has 0 spiro atoms. The molecule has 18 heavy (non-hydrogen) atoms. The van der Waals surface area contributed by atoms with E-state index in [4.69, 9.17) is 4.74 Å². The number of hydrogen-bond donors (Lipinski definition) is 0. The molecule has 2 aromatic carbocycles. The highest BCUT2D eigenvalue weighted by atomic mass is 79.9. The zero-order chi connectivity index (χ0) is 12.8. The lowest BCUT2D eigenvalue weighted by Gasteiger charge is -2.09. The molecule has 0 unspecified atom stereocenters. The Bertz CT molecular complexity index is 499. The van der Waals surface area contributed by atoms with E-state index in [1.54, 1.807) is 0 Å². The molecule has 0 saturated heterocycles. The summed E-state index contributed by atoms with van der Waals surface area (Å²) in [5.41, 5.74) is 1.16. The first kappa shape index (κ1) is 13.5. The van der Waals surface area contributed by atoms with Gasteiger partial charge in [-0.1, -0.05) is 34.1 Å². The number of benzene rings is 2.